The lowest BCUT2D eigenvalue weighted by Crippen LogP contribution is -2.16. The van der Waals surface area contributed by atoms with E-state index in [4.69, 9.17) is 5.26 Å². The van der Waals surface area contributed by atoms with Gasteiger partial charge in [0.25, 0.3) is 0 Å². The summed E-state index contributed by atoms with van der Waals surface area (Å²) in [5, 5.41) is 8.57. The number of rotatable bonds is 2. The molecular weight excluding hydrogens is 237 g/mol. The zero-order valence-electron chi connectivity index (χ0n) is 8.71. The van der Waals surface area contributed by atoms with Crippen LogP contribution in [-0.4, -0.2) is 18.1 Å². The summed E-state index contributed by atoms with van der Waals surface area (Å²) in [5.41, 5.74) is -2.26. The van der Waals surface area contributed by atoms with Crippen molar-refractivity contribution in [2.75, 3.05) is 7.11 Å². The van der Waals surface area contributed by atoms with Gasteiger partial charge in [-0.2, -0.15) is 18.4 Å². The van der Waals surface area contributed by atoms with E-state index in [1.165, 1.54) is 6.07 Å². The molecule has 0 saturated carbocycles. The number of hydrogen-bond acceptors (Lipinski definition) is 4. The molecule has 0 spiro atoms. The number of nitriles is 1. The highest BCUT2D eigenvalue weighted by molar-refractivity contribution is 5.73. The average molecular weight is 244 g/mol. The molecule has 1 aromatic heterocycles. The van der Waals surface area contributed by atoms with Gasteiger partial charge < -0.3 is 4.74 Å². The molecular formula is C10H7F3N2O2. The summed E-state index contributed by atoms with van der Waals surface area (Å²) in [6.07, 6.45) is -4.24. The normalized spacial score (nSPS) is 10.8. The Labute approximate surface area is 94.6 Å². The topological polar surface area (TPSA) is 63.0 Å². The van der Waals surface area contributed by atoms with E-state index in [0.29, 0.717) is 0 Å². The Bertz CT molecular complexity index is 477. The van der Waals surface area contributed by atoms with Crippen molar-refractivity contribution in [2.45, 2.75) is 12.6 Å². The summed E-state index contributed by atoms with van der Waals surface area (Å²) in [5.74, 6) is -0.814. The monoisotopic (exact) mass is 244 g/mol. The number of aromatic nitrogens is 1. The van der Waals surface area contributed by atoms with E-state index >= 15 is 0 Å². The Hall–Kier alpha value is -2.10. The second-order valence-corrected chi connectivity index (χ2v) is 3.06. The van der Waals surface area contributed by atoms with Crippen LogP contribution in [0.2, 0.25) is 0 Å². The van der Waals surface area contributed by atoms with Crippen molar-refractivity contribution < 1.29 is 22.7 Å². The molecule has 0 aromatic carbocycles. The average Bonchev–Trinajstić information content (AvgIpc) is 2.26. The molecule has 17 heavy (non-hydrogen) atoms. The number of methoxy groups -OCH3 is 1. The summed E-state index contributed by atoms with van der Waals surface area (Å²) in [7, 11) is 1.07. The van der Waals surface area contributed by atoms with Gasteiger partial charge in [-0.15, -0.1) is 0 Å². The highest BCUT2D eigenvalue weighted by Gasteiger charge is 2.37. The van der Waals surface area contributed by atoms with Crippen LogP contribution >= 0.6 is 0 Å². The molecule has 90 valence electrons. The highest BCUT2D eigenvalue weighted by Crippen LogP contribution is 2.33. The minimum atomic E-state index is -4.73. The molecule has 1 aromatic rings. The highest BCUT2D eigenvalue weighted by atomic mass is 19.4. The molecule has 0 saturated heterocycles. The lowest BCUT2D eigenvalue weighted by atomic mass is 10.0. The van der Waals surface area contributed by atoms with Gasteiger partial charge in [-0.05, 0) is 11.6 Å². The summed E-state index contributed by atoms with van der Waals surface area (Å²) in [6, 6.07) is 2.39. The van der Waals surface area contributed by atoms with Gasteiger partial charge in [0.05, 0.1) is 19.1 Å². The summed E-state index contributed by atoms with van der Waals surface area (Å²) in [6.45, 7) is 0. The molecule has 0 amide bonds. The maximum atomic E-state index is 12.7. The van der Waals surface area contributed by atoms with Gasteiger partial charge >= 0.3 is 12.1 Å². The molecule has 0 atom stereocenters. The van der Waals surface area contributed by atoms with Crippen molar-refractivity contribution in [1.82, 2.24) is 4.98 Å². The van der Waals surface area contributed by atoms with Gasteiger partial charge in [-0.3, -0.25) is 4.79 Å². The molecule has 4 nitrogen and oxygen atoms in total. The van der Waals surface area contributed by atoms with Crippen molar-refractivity contribution in [1.29, 1.82) is 5.26 Å². The molecule has 0 aliphatic heterocycles. The maximum Gasteiger partial charge on any atom is 0.419 e. The predicted molar refractivity (Wildman–Crippen MR) is 49.7 cm³/mol. The van der Waals surface area contributed by atoms with Gasteiger partial charge in [-0.1, -0.05) is 0 Å². The van der Waals surface area contributed by atoms with Crippen molar-refractivity contribution in [3.8, 4) is 6.07 Å². The number of carbonyl (C=O) groups is 1. The van der Waals surface area contributed by atoms with Crippen molar-refractivity contribution in [3.63, 3.8) is 0 Å². The van der Waals surface area contributed by atoms with Crippen LogP contribution in [0.25, 0.3) is 0 Å². The van der Waals surface area contributed by atoms with Crippen molar-refractivity contribution in [3.05, 3.63) is 29.1 Å². The number of nitrogens with zero attached hydrogens (tertiary/aromatic N) is 2. The number of ether oxygens (including phenoxy) is 1. The quantitative estimate of drug-likeness (QED) is 0.742. The van der Waals surface area contributed by atoms with Crippen molar-refractivity contribution in [2.24, 2.45) is 0 Å². The van der Waals surface area contributed by atoms with Crippen LogP contribution in [-0.2, 0) is 22.1 Å². The number of esters is 1. The summed E-state index contributed by atoms with van der Waals surface area (Å²) in [4.78, 5) is 14.3. The lowest BCUT2D eigenvalue weighted by molar-refractivity contribution is -0.141. The largest absolute Gasteiger partial charge is 0.469 e. The van der Waals surface area contributed by atoms with E-state index < -0.39 is 29.8 Å². The third kappa shape index (κ3) is 2.93. The maximum absolute atomic E-state index is 12.7. The van der Waals surface area contributed by atoms with E-state index in [2.05, 4.69) is 9.72 Å². The Balaban J connectivity index is 3.31. The second-order valence-electron chi connectivity index (χ2n) is 3.06. The van der Waals surface area contributed by atoms with Crippen LogP contribution in [0, 0.1) is 11.3 Å². The fourth-order valence-electron chi connectivity index (χ4n) is 1.28. The Morgan fingerprint density at radius 3 is 2.71 bits per heavy atom. The fraction of sp³-hybridized carbons (Fsp3) is 0.300. The van der Waals surface area contributed by atoms with Crippen LogP contribution < -0.4 is 0 Å². The van der Waals surface area contributed by atoms with Crippen LogP contribution in [0.5, 0.6) is 0 Å². The van der Waals surface area contributed by atoms with Gasteiger partial charge in [0, 0.05) is 6.20 Å². The first kappa shape index (κ1) is 13.0. The first-order valence-electron chi connectivity index (χ1n) is 4.42. The Morgan fingerprint density at radius 1 is 1.59 bits per heavy atom. The molecule has 7 heteroatoms. The fourth-order valence-corrected chi connectivity index (χ4v) is 1.28. The molecule has 0 bridgehead atoms. The molecule has 0 aliphatic carbocycles. The minimum Gasteiger partial charge on any atom is -0.469 e. The van der Waals surface area contributed by atoms with Gasteiger partial charge in [0.15, 0.2) is 5.69 Å². The zero-order chi connectivity index (χ0) is 13.1. The van der Waals surface area contributed by atoms with Crippen LogP contribution in [0.15, 0.2) is 12.3 Å². The number of carbonyl (C=O) groups excluding carboxylic acids is 1. The molecule has 1 heterocycles. The summed E-state index contributed by atoms with van der Waals surface area (Å²) >= 11 is 0. The molecule has 0 aliphatic rings. The third-order valence-corrected chi connectivity index (χ3v) is 1.99. The van der Waals surface area contributed by atoms with Crippen LogP contribution in [0.1, 0.15) is 16.8 Å². The Kier molecular flexibility index (Phi) is 3.68. The standard InChI is InChI=1S/C10H7F3N2O2/c1-17-8(16)4-6-2-3-15-7(5-14)9(6)10(11,12)13/h2-3H,4H2,1H3. The number of pyridine rings is 1. The van der Waals surface area contributed by atoms with E-state index in [0.717, 1.165) is 19.4 Å². The zero-order valence-corrected chi connectivity index (χ0v) is 8.71. The molecule has 0 unspecified atom stereocenters. The van der Waals surface area contributed by atoms with Crippen LogP contribution in [0.4, 0.5) is 13.2 Å². The van der Waals surface area contributed by atoms with Crippen molar-refractivity contribution >= 4 is 5.97 Å². The Morgan fingerprint density at radius 2 is 2.24 bits per heavy atom. The third-order valence-electron chi connectivity index (χ3n) is 1.99. The molecule has 0 N–H and O–H groups in total. The van der Waals surface area contributed by atoms with E-state index in [9.17, 15) is 18.0 Å². The number of halogens is 3. The predicted octanol–water partition coefficient (Wildman–Crippen LogP) is 1.69. The lowest BCUT2D eigenvalue weighted by Gasteiger charge is -2.12. The second kappa shape index (κ2) is 4.82. The first-order valence-corrected chi connectivity index (χ1v) is 4.42. The molecule has 0 radical (unpaired) electrons. The van der Waals surface area contributed by atoms with E-state index in [1.54, 1.807) is 0 Å². The number of hydrogen-bond donors (Lipinski definition) is 0. The van der Waals surface area contributed by atoms with Gasteiger partial charge in [0.2, 0.25) is 0 Å². The van der Waals surface area contributed by atoms with E-state index in [-0.39, 0.29) is 5.56 Å². The molecule has 1 rings (SSSR count). The summed E-state index contributed by atoms with van der Waals surface area (Å²) < 4.78 is 42.4. The molecule has 0 fully saturated rings. The van der Waals surface area contributed by atoms with Gasteiger partial charge in [-0.25, -0.2) is 4.98 Å². The minimum absolute atomic E-state index is 0.323. The first-order chi connectivity index (χ1) is 7.90. The van der Waals surface area contributed by atoms with Crippen LogP contribution in [0.3, 0.4) is 0 Å². The van der Waals surface area contributed by atoms with E-state index in [1.807, 2.05) is 0 Å². The van der Waals surface area contributed by atoms with Gasteiger partial charge in [0.1, 0.15) is 6.07 Å². The smallest absolute Gasteiger partial charge is 0.419 e. The number of alkyl halides is 3. The SMILES string of the molecule is COC(=O)Cc1ccnc(C#N)c1C(F)(F)F.